The number of H-pyrrole nitrogens is 1. The zero-order chi connectivity index (χ0) is 14.1. The van der Waals surface area contributed by atoms with E-state index in [1.165, 1.54) is 0 Å². The summed E-state index contributed by atoms with van der Waals surface area (Å²) >= 11 is 6.10. The third kappa shape index (κ3) is 2.39. The summed E-state index contributed by atoms with van der Waals surface area (Å²) in [5.74, 6) is -0.994. The summed E-state index contributed by atoms with van der Waals surface area (Å²) in [7, 11) is 0. The van der Waals surface area contributed by atoms with Gasteiger partial charge in [-0.15, -0.1) is 0 Å². The molecule has 1 aliphatic rings. The van der Waals surface area contributed by atoms with E-state index >= 15 is 0 Å². The Labute approximate surface area is 120 Å². The van der Waals surface area contributed by atoms with Crippen LogP contribution in [0.25, 0.3) is 0 Å². The van der Waals surface area contributed by atoms with Crippen molar-refractivity contribution in [1.29, 1.82) is 0 Å². The fourth-order valence-corrected chi connectivity index (χ4v) is 2.62. The summed E-state index contributed by atoms with van der Waals surface area (Å²) in [5, 5.41) is 16.4. The first-order chi connectivity index (χ1) is 9.65. The Morgan fingerprint density at radius 2 is 2.40 bits per heavy atom. The first kappa shape index (κ1) is 13.1. The molecule has 0 bridgehead atoms. The highest BCUT2D eigenvalue weighted by Gasteiger charge is 2.25. The summed E-state index contributed by atoms with van der Waals surface area (Å²) < 4.78 is 0. The Hall–Kier alpha value is -1.92. The minimum Gasteiger partial charge on any atom is -0.476 e. The number of fused-ring (bicyclic) bond motifs is 1. The number of carboxylic acids is 1. The lowest BCUT2D eigenvalue weighted by atomic mass is 10.0. The molecule has 0 unspecified atom stereocenters. The quantitative estimate of drug-likeness (QED) is 0.900. The molecule has 0 fully saturated rings. The van der Waals surface area contributed by atoms with Crippen molar-refractivity contribution in [3.63, 3.8) is 0 Å². The lowest BCUT2D eigenvalue weighted by Crippen LogP contribution is -2.30. The van der Waals surface area contributed by atoms with Gasteiger partial charge in [-0.05, 0) is 11.6 Å². The molecule has 2 aromatic rings. The van der Waals surface area contributed by atoms with Crippen molar-refractivity contribution in [2.45, 2.75) is 19.5 Å². The van der Waals surface area contributed by atoms with Gasteiger partial charge >= 0.3 is 5.97 Å². The molecule has 0 spiro atoms. The number of carbonyl (C=O) groups is 1. The molecule has 0 saturated heterocycles. The fraction of sp³-hybridized carbons (Fsp3) is 0.308. The number of hydrogen-bond acceptors (Lipinski definition) is 4. The number of carboxylic acid groups (broad SMARTS) is 1. The molecule has 0 aliphatic carbocycles. The van der Waals surface area contributed by atoms with Crippen LogP contribution in [0.3, 0.4) is 0 Å². The number of aromatic carboxylic acids is 1. The van der Waals surface area contributed by atoms with E-state index in [9.17, 15) is 4.79 Å². The highest BCUT2D eigenvalue weighted by molar-refractivity contribution is 6.31. The van der Waals surface area contributed by atoms with Crippen molar-refractivity contribution >= 4 is 17.6 Å². The predicted molar refractivity (Wildman–Crippen MR) is 72.6 cm³/mol. The first-order valence-electron chi connectivity index (χ1n) is 6.25. The lowest BCUT2D eigenvalue weighted by Gasteiger charge is -2.26. The smallest absolute Gasteiger partial charge is 0.356 e. The van der Waals surface area contributed by atoms with Gasteiger partial charge in [0.25, 0.3) is 0 Å². The van der Waals surface area contributed by atoms with E-state index in [1.54, 1.807) is 12.4 Å². The highest BCUT2D eigenvalue weighted by atomic mass is 35.5. The van der Waals surface area contributed by atoms with Crippen LogP contribution < -0.4 is 0 Å². The Morgan fingerprint density at radius 3 is 3.15 bits per heavy atom. The van der Waals surface area contributed by atoms with Crippen molar-refractivity contribution < 1.29 is 9.90 Å². The number of halogens is 1. The van der Waals surface area contributed by atoms with Crippen LogP contribution in [0.5, 0.6) is 0 Å². The second kappa shape index (κ2) is 5.22. The summed E-state index contributed by atoms with van der Waals surface area (Å²) in [6.45, 7) is 2.07. The molecular formula is C13H13ClN4O2. The van der Waals surface area contributed by atoms with Crippen LogP contribution in [0.4, 0.5) is 0 Å². The zero-order valence-corrected chi connectivity index (χ0v) is 11.4. The zero-order valence-electron chi connectivity index (χ0n) is 10.6. The number of hydrogen-bond donors (Lipinski definition) is 2. The summed E-state index contributed by atoms with van der Waals surface area (Å²) in [5.41, 5.74) is 2.80. The number of aromatic amines is 1. The maximum Gasteiger partial charge on any atom is 0.356 e. The molecular weight excluding hydrogens is 280 g/mol. The van der Waals surface area contributed by atoms with Crippen LogP contribution >= 0.6 is 11.6 Å². The summed E-state index contributed by atoms with van der Waals surface area (Å²) in [6, 6.07) is 1.88. The van der Waals surface area contributed by atoms with Crippen LogP contribution in [0, 0.1) is 0 Å². The van der Waals surface area contributed by atoms with Gasteiger partial charge < -0.3 is 5.11 Å². The molecule has 0 aromatic carbocycles. The van der Waals surface area contributed by atoms with E-state index in [2.05, 4.69) is 20.1 Å². The Morgan fingerprint density at radius 1 is 1.55 bits per heavy atom. The van der Waals surface area contributed by atoms with Crippen LogP contribution in [0.2, 0.25) is 5.02 Å². The van der Waals surface area contributed by atoms with Crippen LogP contribution in [-0.2, 0) is 19.5 Å². The number of rotatable bonds is 3. The standard InChI is InChI=1S/C13H13ClN4O2/c14-10-5-15-3-1-8(10)6-18-4-2-11-9(7-18)12(13(19)20)17-16-11/h1,3,5H,2,4,6-7H2,(H,16,17)(H,19,20). The number of pyridine rings is 1. The highest BCUT2D eigenvalue weighted by Crippen LogP contribution is 2.23. The van der Waals surface area contributed by atoms with Gasteiger partial charge in [0.05, 0.1) is 5.02 Å². The average molecular weight is 293 g/mol. The third-order valence-corrected chi connectivity index (χ3v) is 3.81. The van der Waals surface area contributed by atoms with E-state index in [4.69, 9.17) is 16.7 Å². The Bertz CT molecular complexity index is 656. The molecule has 0 amide bonds. The molecule has 6 nitrogen and oxygen atoms in total. The molecule has 3 heterocycles. The van der Waals surface area contributed by atoms with E-state index in [0.29, 0.717) is 18.1 Å². The predicted octanol–water partition coefficient (Wildman–Crippen LogP) is 1.71. The lowest BCUT2D eigenvalue weighted by molar-refractivity contribution is 0.0687. The van der Waals surface area contributed by atoms with Gasteiger partial charge in [0.2, 0.25) is 0 Å². The van der Waals surface area contributed by atoms with Crippen molar-refractivity contribution in [3.8, 4) is 0 Å². The van der Waals surface area contributed by atoms with Gasteiger partial charge in [-0.25, -0.2) is 4.79 Å². The van der Waals surface area contributed by atoms with Gasteiger partial charge in [-0.2, -0.15) is 5.10 Å². The van der Waals surface area contributed by atoms with E-state index in [-0.39, 0.29) is 5.69 Å². The van der Waals surface area contributed by atoms with Crippen molar-refractivity contribution in [2.75, 3.05) is 6.54 Å². The second-order valence-corrected chi connectivity index (χ2v) is 5.17. The molecule has 0 saturated carbocycles. The van der Waals surface area contributed by atoms with E-state index in [0.717, 1.165) is 29.8 Å². The van der Waals surface area contributed by atoms with Gasteiger partial charge in [0.1, 0.15) is 0 Å². The second-order valence-electron chi connectivity index (χ2n) is 4.76. The maximum absolute atomic E-state index is 11.1. The molecule has 7 heteroatoms. The monoisotopic (exact) mass is 292 g/mol. The minimum atomic E-state index is -0.994. The topological polar surface area (TPSA) is 82.1 Å². The molecule has 2 aromatic heterocycles. The molecule has 0 atom stereocenters. The van der Waals surface area contributed by atoms with E-state index in [1.807, 2.05) is 6.07 Å². The molecule has 1 aliphatic heterocycles. The number of nitrogens with one attached hydrogen (secondary N) is 1. The first-order valence-corrected chi connectivity index (χ1v) is 6.63. The van der Waals surface area contributed by atoms with E-state index < -0.39 is 5.97 Å². The number of nitrogens with zero attached hydrogens (tertiary/aromatic N) is 3. The largest absolute Gasteiger partial charge is 0.476 e. The fourth-order valence-electron chi connectivity index (χ4n) is 2.44. The Kier molecular flexibility index (Phi) is 3.42. The van der Waals surface area contributed by atoms with Crippen molar-refractivity contribution in [2.24, 2.45) is 0 Å². The summed E-state index contributed by atoms with van der Waals surface area (Å²) in [6.07, 6.45) is 4.09. The summed E-state index contributed by atoms with van der Waals surface area (Å²) in [4.78, 5) is 17.2. The molecule has 2 N–H and O–H groups in total. The van der Waals surface area contributed by atoms with Gasteiger partial charge in [-0.3, -0.25) is 15.0 Å². The minimum absolute atomic E-state index is 0.116. The van der Waals surface area contributed by atoms with Gasteiger partial charge in [-0.1, -0.05) is 11.6 Å². The number of aromatic nitrogens is 3. The molecule has 20 heavy (non-hydrogen) atoms. The van der Waals surface area contributed by atoms with Gasteiger partial charge in [0.15, 0.2) is 5.69 Å². The average Bonchev–Trinajstić information content (AvgIpc) is 2.84. The van der Waals surface area contributed by atoms with Crippen LogP contribution in [-0.4, -0.2) is 37.7 Å². The SMILES string of the molecule is O=C(O)c1n[nH]c2c1CN(Cc1ccncc1Cl)CC2. The normalized spacial score (nSPS) is 15.1. The maximum atomic E-state index is 11.1. The van der Waals surface area contributed by atoms with Crippen LogP contribution in [0.1, 0.15) is 27.3 Å². The van der Waals surface area contributed by atoms with Gasteiger partial charge in [0, 0.05) is 49.7 Å². The van der Waals surface area contributed by atoms with Crippen LogP contribution in [0.15, 0.2) is 18.5 Å². The third-order valence-electron chi connectivity index (χ3n) is 3.47. The molecule has 0 radical (unpaired) electrons. The Balaban J connectivity index is 1.80. The van der Waals surface area contributed by atoms with Crippen molar-refractivity contribution in [1.82, 2.24) is 20.1 Å². The molecule has 104 valence electrons. The molecule has 3 rings (SSSR count). The van der Waals surface area contributed by atoms with Crippen molar-refractivity contribution in [3.05, 3.63) is 46.0 Å².